The summed E-state index contributed by atoms with van der Waals surface area (Å²) in [6.45, 7) is 6.80. The molecule has 10 heavy (non-hydrogen) atoms. The zero-order valence-electron chi connectivity index (χ0n) is 6.84. The Kier molecular flexibility index (Phi) is 3.16. The van der Waals surface area contributed by atoms with Gasteiger partial charge in [0.1, 0.15) is 0 Å². The Bertz CT molecular complexity index is 83.3. The topological polar surface area (TPSA) is 29.3 Å². The van der Waals surface area contributed by atoms with Gasteiger partial charge >= 0.3 is 0 Å². The van der Waals surface area contributed by atoms with Gasteiger partial charge in [0.25, 0.3) is 0 Å². The van der Waals surface area contributed by atoms with Crippen LogP contribution in [0.5, 0.6) is 0 Å². The minimum atomic E-state index is 0.772. The Hall–Kier alpha value is -0.0800. The van der Waals surface area contributed by atoms with E-state index in [0.29, 0.717) is 0 Å². The van der Waals surface area contributed by atoms with Gasteiger partial charge in [-0.2, -0.15) is 0 Å². The Morgan fingerprint density at radius 3 is 3.00 bits per heavy atom. The van der Waals surface area contributed by atoms with Crippen molar-refractivity contribution < 1.29 is 0 Å². The Balaban J connectivity index is 2.25. The molecule has 2 heteroatoms. The molecule has 2 N–H and O–H groups in total. The maximum atomic E-state index is 5.59. The zero-order valence-corrected chi connectivity index (χ0v) is 6.84. The molecule has 0 radical (unpaired) electrons. The maximum absolute atomic E-state index is 5.59. The second-order valence-electron chi connectivity index (χ2n) is 3.14. The molecule has 1 heterocycles. The lowest BCUT2D eigenvalue weighted by Crippen LogP contribution is -2.37. The first-order valence-corrected chi connectivity index (χ1v) is 4.29. The van der Waals surface area contributed by atoms with Crippen LogP contribution in [0.4, 0.5) is 0 Å². The van der Waals surface area contributed by atoms with Crippen LogP contribution in [-0.2, 0) is 0 Å². The summed E-state index contributed by atoms with van der Waals surface area (Å²) < 4.78 is 0. The van der Waals surface area contributed by atoms with E-state index < -0.39 is 0 Å². The lowest BCUT2D eigenvalue weighted by atomic mass is 9.98. The zero-order chi connectivity index (χ0) is 7.40. The van der Waals surface area contributed by atoms with Crippen molar-refractivity contribution >= 4 is 0 Å². The molecule has 1 aliphatic heterocycles. The van der Waals surface area contributed by atoms with E-state index >= 15 is 0 Å². The average molecular weight is 142 g/mol. The molecule has 0 saturated carbocycles. The summed E-state index contributed by atoms with van der Waals surface area (Å²) in [4.78, 5) is 2.49. The van der Waals surface area contributed by atoms with Gasteiger partial charge in [0.05, 0.1) is 0 Å². The van der Waals surface area contributed by atoms with E-state index in [0.717, 1.165) is 12.5 Å². The molecule has 1 aliphatic rings. The molecule has 1 rings (SSSR count). The number of likely N-dealkylation sites (tertiary alicyclic amines) is 1. The highest BCUT2D eigenvalue weighted by Crippen LogP contribution is 2.14. The second kappa shape index (κ2) is 3.94. The molecule has 0 aliphatic carbocycles. The normalized spacial score (nSPS) is 28.8. The van der Waals surface area contributed by atoms with Crippen molar-refractivity contribution in [3.8, 4) is 0 Å². The summed E-state index contributed by atoms with van der Waals surface area (Å²) in [6.07, 6.45) is 2.68. The van der Waals surface area contributed by atoms with Crippen LogP contribution in [0, 0.1) is 5.92 Å². The van der Waals surface area contributed by atoms with Crippen LogP contribution in [0.2, 0.25) is 0 Å². The average Bonchev–Trinajstić information content (AvgIpc) is 2.05. The molecular weight excluding hydrogens is 124 g/mol. The van der Waals surface area contributed by atoms with Gasteiger partial charge in [0, 0.05) is 6.54 Å². The molecule has 0 unspecified atom stereocenters. The molecule has 0 bridgehead atoms. The fraction of sp³-hybridized carbons (Fsp3) is 1.00. The van der Waals surface area contributed by atoms with E-state index in [1.54, 1.807) is 0 Å². The van der Waals surface area contributed by atoms with E-state index in [9.17, 15) is 0 Å². The molecule has 0 aromatic carbocycles. The van der Waals surface area contributed by atoms with E-state index in [1.165, 1.54) is 32.5 Å². The second-order valence-corrected chi connectivity index (χ2v) is 3.14. The maximum Gasteiger partial charge on any atom is 0.00216 e. The number of hydrogen-bond acceptors (Lipinski definition) is 2. The SMILES string of the molecule is CCN1CCC[C@H](CN)C1. The standard InChI is InChI=1S/C8H18N2/c1-2-10-5-3-4-8(6-9)7-10/h8H,2-7,9H2,1H3/t8-/m1/s1. The van der Waals surface area contributed by atoms with Gasteiger partial charge in [-0.3, -0.25) is 0 Å². The predicted octanol–water partition coefficient (Wildman–Crippen LogP) is 0.677. The van der Waals surface area contributed by atoms with Gasteiger partial charge in [0.15, 0.2) is 0 Å². The lowest BCUT2D eigenvalue weighted by Gasteiger charge is -2.30. The molecule has 2 nitrogen and oxygen atoms in total. The van der Waals surface area contributed by atoms with Crippen molar-refractivity contribution in [2.24, 2.45) is 11.7 Å². The van der Waals surface area contributed by atoms with Crippen molar-refractivity contribution in [2.75, 3.05) is 26.2 Å². The third-order valence-corrected chi connectivity index (χ3v) is 2.38. The fourth-order valence-corrected chi connectivity index (χ4v) is 1.63. The molecule has 0 spiro atoms. The van der Waals surface area contributed by atoms with Crippen LogP contribution in [0.15, 0.2) is 0 Å². The Morgan fingerprint density at radius 1 is 1.60 bits per heavy atom. The first-order chi connectivity index (χ1) is 4.86. The molecule has 60 valence electrons. The van der Waals surface area contributed by atoms with Crippen LogP contribution in [0.3, 0.4) is 0 Å². The fourth-order valence-electron chi connectivity index (χ4n) is 1.63. The van der Waals surface area contributed by atoms with Gasteiger partial charge in [-0.05, 0) is 38.4 Å². The summed E-state index contributed by atoms with van der Waals surface area (Å²) >= 11 is 0. The quantitative estimate of drug-likeness (QED) is 0.614. The summed E-state index contributed by atoms with van der Waals surface area (Å²) in [7, 11) is 0. The largest absolute Gasteiger partial charge is 0.330 e. The first-order valence-electron chi connectivity index (χ1n) is 4.29. The van der Waals surface area contributed by atoms with Crippen molar-refractivity contribution in [2.45, 2.75) is 19.8 Å². The summed E-state index contributed by atoms with van der Waals surface area (Å²) in [5, 5.41) is 0. The minimum absolute atomic E-state index is 0.772. The van der Waals surface area contributed by atoms with E-state index in [1.807, 2.05) is 0 Å². The summed E-state index contributed by atoms with van der Waals surface area (Å²) in [5.74, 6) is 0.772. The minimum Gasteiger partial charge on any atom is -0.330 e. The van der Waals surface area contributed by atoms with Crippen LogP contribution < -0.4 is 5.73 Å². The highest BCUT2D eigenvalue weighted by molar-refractivity contribution is 4.71. The first kappa shape index (κ1) is 8.02. The number of hydrogen-bond donors (Lipinski definition) is 1. The van der Waals surface area contributed by atoms with Crippen LogP contribution >= 0.6 is 0 Å². The molecule has 1 atom stereocenters. The highest BCUT2D eigenvalue weighted by atomic mass is 15.1. The van der Waals surface area contributed by atoms with Crippen LogP contribution in [0.1, 0.15) is 19.8 Å². The molecule has 0 aromatic rings. The van der Waals surface area contributed by atoms with Crippen molar-refractivity contribution in [1.82, 2.24) is 4.90 Å². The lowest BCUT2D eigenvalue weighted by molar-refractivity contribution is 0.186. The van der Waals surface area contributed by atoms with Gasteiger partial charge in [-0.1, -0.05) is 6.92 Å². The van der Waals surface area contributed by atoms with Crippen LogP contribution in [0.25, 0.3) is 0 Å². The third kappa shape index (κ3) is 1.96. The third-order valence-electron chi connectivity index (χ3n) is 2.38. The Labute approximate surface area is 63.4 Å². The van der Waals surface area contributed by atoms with Crippen molar-refractivity contribution in [3.05, 3.63) is 0 Å². The summed E-state index contributed by atoms with van der Waals surface area (Å²) in [5.41, 5.74) is 5.59. The molecule has 1 saturated heterocycles. The molecular formula is C8H18N2. The van der Waals surface area contributed by atoms with Crippen molar-refractivity contribution in [1.29, 1.82) is 0 Å². The number of piperidine rings is 1. The number of nitrogens with two attached hydrogens (primary N) is 1. The number of nitrogens with zero attached hydrogens (tertiary/aromatic N) is 1. The van der Waals surface area contributed by atoms with E-state index in [-0.39, 0.29) is 0 Å². The monoisotopic (exact) mass is 142 g/mol. The van der Waals surface area contributed by atoms with E-state index in [2.05, 4.69) is 11.8 Å². The van der Waals surface area contributed by atoms with Gasteiger partial charge in [-0.25, -0.2) is 0 Å². The smallest absolute Gasteiger partial charge is 0.00216 e. The van der Waals surface area contributed by atoms with E-state index in [4.69, 9.17) is 5.73 Å². The van der Waals surface area contributed by atoms with Gasteiger partial charge in [-0.15, -0.1) is 0 Å². The van der Waals surface area contributed by atoms with Gasteiger partial charge < -0.3 is 10.6 Å². The van der Waals surface area contributed by atoms with Gasteiger partial charge in [0.2, 0.25) is 0 Å². The highest BCUT2D eigenvalue weighted by Gasteiger charge is 2.16. The predicted molar refractivity (Wildman–Crippen MR) is 43.9 cm³/mol. The number of rotatable bonds is 2. The molecule has 0 aromatic heterocycles. The molecule has 1 fully saturated rings. The van der Waals surface area contributed by atoms with Crippen LogP contribution in [-0.4, -0.2) is 31.1 Å². The molecule has 0 amide bonds. The summed E-state index contributed by atoms with van der Waals surface area (Å²) in [6, 6.07) is 0. The van der Waals surface area contributed by atoms with Crippen molar-refractivity contribution in [3.63, 3.8) is 0 Å². The Morgan fingerprint density at radius 2 is 2.40 bits per heavy atom.